The summed E-state index contributed by atoms with van der Waals surface area (Å²) in [6.07, 6.45) is 56.4. The van der Waals surface area contributed by atoms with Crippen LogP contribution in [0.3, 0.4) is 0 Å². The number of unbranched alkanes of at least 4 members (excludes halogenated alkanes) is 20. The van der Waals surface area contributed by atoms with Crippen molar-refractivity contribution in [2.24, 2.45) is 11.5 Å². The highest BCUT2D eigenvalue weighted by atomic mass is 16.5. The number of hydrogen-bond donors (Lipinski definition) is 2. The first-order valence-corrected chi connectivity index (χ1v) is 26.6. The molecule has 0 fully saturated rings. The lowest BCUT2D eigenvalue weighted by Crippen LogP contribution is -2.31. The van der Waals surface area contributed by atoms with Crippen molar-refractivity contribution in [3.05, 3.63) is 48.6 Å². The van der Waals surface area contributed by atoms with Crippen LogP contribution >= 0.6 is 0 Å². The number of hydrogen-bond acceptors (Lipinski definition) is 8. The van der Waals surface area contributed by atoms with Crippen LogP contribution in [0.5, 0.6) is 0 Å². The summed E-state index contributed by atoms with van der Waals surface area (Å²) >= 11 is 0. The Hall–Kier alpha value is -2.10. The number of nitrogens with zero attached hydrogens (tertiary/aromatic N) is 2. The molecule has 0 aliphatic heterocycles. The van der Waals surface area contributed by atoms with E-state index in [9.17, 15) is 9.59 Å². The summed E-state index contributed by atoms with van der Waals surface area (Å²) in [4.78, 5) is 27.4. The van der Waals surface area contributed by atoms with Gasteiger partial charge in [0.15, 0.2) is 0 Å². The fraction of sp³-hybridized carbons (Fsp3) is 0.818. The summed E-state index contributed by atoms with van der Waals surface area (Å²) in [6.45, 7) is 14.0. The molecule has 0 saturated heterocycles. The zero-order valence-corrected chi connectivity index (χ0v) is 42.1. The van der Waals surface area contributed by atoms with Crippen LogP contribution in [0.2, 0.25) is 0 Å². The number of aldehydes is 1. The zero-order chi connectivity index (χ0) is 46.2. The van der Waals surface area contributed by atoms with Crippen molar-refractivity contribution in [1.82, 2.24) is 9.80 Å². The number of rotatable bonds is 49. The van der Waals surface area contributed by atoms with Crippen molar-refractivity contribution in [2.45, 2.75) is 219 Å². The minimum absolute atomic E-state index is 0.0305. The second-order valence-electron chi connectivity index (χ2n) is 17.5. The Morgan fingerprint density at radius 3 is 1.21 bits per heavy atom. The molecule has 0 spiro atoms. The van der Waals surface area contributed by atoms with E-state index in [1.165, 1.54) is 128 Å². The molecule has 0 rings (SSSR count). The molecule has 0 aromatic carbocycles. The average Bonchev–Trinajstić information content (AvgIpc) is 3.29. The van der Waals surface area contributed by atoms with Gasteiger partial charge in [0.25, 0.3) is 0 Å². The van der Waals surface area contributed by atoms with Crippen molar-refractivity contribution < 1.29 is 19.1 Å². The Bertz CT molecular complexity index is 1020. The molecule has 370 valence electrons. The van der Waals surface area contributed by atoms with Gasteiger partial charge in [-0.05, 0) is 181 Å². The van der Waals surface area contributed by atoms with Crippen LogP contribution in [0.4, 0.5) is 0 Å². The van der Waals surface area contributed by atoms with Gasteiger partial charge in [0, 0.05) is 26.6 Å². The number of esters is 1. The maximum Gasteiger partial charge on any atom is 0.305 e. The first-order chi connectivity index (χ1) is 31.1. The van der Waals surface area contributed by atoms with Gasteiger partial charge in [-0.25, -0.2) is 0 Å². The lowest BCUT2D eigenvalue weighted by molar-refractivity contribution is -0.143. The Kier molecular flexibility index (Phi) is 57.9. The van der Waals surface area contributed by atoms with E-state index in [1.54, 1.807) is 7.11 Å². The Balaban J connectivity index is 0. The maximum absolute atomic E-state index is 12.1. The summed E-state index contributed by atoms with van der Waals surface area (Å²) in [7, 11) is 1.77. The third-order valence-corrected chi connectivity index (χ3v) is 11.4. The van der Waals surface area contributed by atoms with Gasteiger partial charge in [-0.2, -0.15) is 0 Å². The van der Waals surface area contributed by atoms with Crippen molar-refractivity contribution in [1.29, 1.82) is 0 Å². The molecular weight excluding hydrogens is 781 g/mol. The third kappa shape index (κ3) is 56.0. The topological polar surface area (TPSA) is 111 Å². The zero-order valence-electron chi connectivity index (χ0n) is 42.1. The molecule has 8 nitrogen and oxygen atoms in total. The number of methoxy groups -OCH3 is 1. The predicted octanol–water partition coefficient (Wildman–Crippen LogP) is 13.6. The fourth-order valence-corrected chi connectivity index (χ4v) is 7.37. The Morgan fingerprint density at radius 1 is 0.429 bits per heavy atom. The molecule has 0 unspecified atom stereocenters. The van der Waals surface area contributed by atoms with E-state index in [0.717, 1.165) is 136 Å². The largest absolute Gasteiger partial charge is 0.466 e. The summed E-state index contributed by atoms with van der Waals surface area (Å²) in [5.74, 6) is -0.0305. The highest BCUT2D eigenvalue weighted by Gasteiger charge is 2.08. The second-order valence-corrected chi connectivity index (χ2v) is 17.5. The first kappa shape index (κ1) is 63.0. The minimum atomic E-state index is -0.0305. The molecule has 0 aromatic rings. The van der Waals surface area contributed by atoms with Crippen LogP contribution in [0, 0.1) is 0 Å². The van der Waals surface area contributed by atoms with Gasteiger partial charge in [-0.3, -0.25) is 4.79 Å². The van der Waals surface area contributed by atoms with E-state index < -0.39 is 0 Å². The highest BCUT2D eigenvalue weighted by Crippen LogP contribution is 2.11. The normalized spacial score (nSPS) is 11.9. The summed E-state index contributed by atoms with van der Waals surface area (Å²) < 4.78 is 10.7. The molecule has 0 saturated carbocycles. The molecule has 0 amide bonds. The molecule has 63 heavy (non-hydrogen) atoms. The summed E-state index contributed by atoms with van der Waals surface area (Å²) in [5.41, 5.74) is 11.6. The second kappa shape index (κ2) is 57.9. The maximum atomic E-state index is 12.1. The molecule has 4 N–H and O–H groups in total. The molecule has 0 aliphatic carbocycles. The molecule has 0 aromatic heterocycles. The van der Waals surface area contributed by atoms with Crippen molar-refractivity contribution in [3.63, 3.8) is 0 Å². The van der Waals surface area contributed by atoms with Gasteiger partial charge in [0.1, 0.15) is 6.29 Å². The first-order valence-electron chi connectivity index (χ1n) is 26.6. The number of nitrogens with two attached hydrogens (primary N) is 2. The number of carbonyl (C=O) groups excluding carboxylic acids is 2. The van der Waals surface area contributed by atoms with Gasteiger partial charge in [-0.15, -0.1) is 0 Å². The van der Waals surface area contributed by atoms with E-state index in [2.05, 4.69) is 72.3 Å². The highest BCUT2D eigenvalue weighted by molar-refractivity contribution is 5.69. The van der Waals surface area contributed by atoms with E-state index >= 15 is 0 Å². The molecule has 0 heterocycles. The van der Waals surface area contributed by atoms with Gasteiger partial charge in [0.2, 0.25) is 0 Å². The van der Waals surface area contributed by atoms with E-state index in [-0.39, 0.29) is 5.97 Å². The molecule has 0 aliphatic rings. The van der Waals surface area contributed by atoms with E-state index in [0.29, 0.717) is 13.0 Å². The fourth-order valence-electron chi connectivity index (χ4n) is 7.37. The average molecular weight is 887 g/mol. The Labute approximate surface area is 391 Å². The smallest absolute Gasteiger partial charge is 0.305 e. The van der Waals surface area contributed by atoms with Crippen LogP contribution in [-0.4, -0.2) is 94.7 Å². The van der Waals surface area contributed by atoms with Crippen molar-refractivity contribution >= 4 is 12.3 Å². The van der Waals surface area contributed by atoms with E-state index in [4.69, 9.17) is 20.9 Å². The van der Waals surface area contributed by atoms with Gasteiger partial charge >= 0.3 is 5.97 Å². The van der Waals surface area contributed by atoms with Gasteiger partial charge in [0.05, 0.1) is 6.61 Å². The predicted molar refractivity (Wildman–Crippen MR) is 276 cm³/mol. The lowest BCUT2D eigenvalue weighted by Gasteiger charge is -2.24. The van der Waals surface area contributed by atoms with Crippen LogP contribution in [0.25, 0.3) is 0 Å². The summed E-state index contributed by atoms with van der Waals surface area (Å²) in [6, 6.07) is 0. The van der Waals surface area contributed by atoms with Crippen LogP contribution in [0.15, 0.2) is 48.6 Å². The van der Waals surface area contributed by atoms with Crippen LogP contribution in [-0.2, 0) is 19.1 Å². The molecular formula is C55H106N4O4. The number of allylic oxidation sites excluding steroid dienone is 8. The van der Waals surface area contributed by atoms with Crippen LogP contribution < -0.4 is 11.5 Å². The Morgan fingerprint density at radius 2 is 0.794 bits per heavy atom. The number of carbonyl (C=O) groups is 2. The van der Waals surface area contributed by atoms with Crippen LogP contribution in [0.1, 0.15) is 219 Å². The molecule has 0 atom stereocenters. The molecule has 8 heteroatoms. The van der Waals surface area contributed by atoms with Crippen molar-refractivity contribution in [2.75, 3.05) is 72.7 Å². The quantitative estimate of drug-likeness (QED) is 0.0269. The molecule has 0 radical (unpaired) electrons. The standard InChI is InChI=1S/C37H74N4O3.C18H32O/c1-3-4-5-6-7-8-9-10-11-12-13-14-15-16-17-26-37(42)44-36-23-21-32-41(34-25-28-39)30-19-18-29-40(33-24-27-38)31-20-22-35-43-2;1-2-3-4-5-6-7-8-9-10-11-12-13-14-15-16-17-18-19/h7-8,10-11H,3-6,9,12-36,38-39H2,1-2H3;6-7,9-10,18H,2-5,8,11-17H2,1H3/b8-7-,11-10-;7-6-,10-9-. The minimum Gasteiger partial charge on any atom is -0.466 e. The monoisotopic (exact) mass is 887 g/mol. The SMILES string of the molecule is CCCCC/C=C\C/C=C\CCCCCCCC(=O)OCCCCN(CCCN)CCCCN(CCCN)CCCCOC.CCCCC/C=C\C/C=C\CCCCCCCC=O. The third-order valence-electron chi connectivity index (χ3n) is 11.4. The molecule has 0 bridgehead atoms. The lowest BCUT2D eigenvalue weighted by atomic mass is 10.1. The van der Waals surface area contributed by atoms with Gasteiger partial charge in [-0.1, -0.05) is 127 Å². The van der Waals surface area contributed by atoms with E-state index in [1.807, 2.05) is 0 Å². The van der Waals surface area contributed by atoms with Crippen molar-refractivity contribution in [3.8, 4) is 0 Å². The number of ether oxygens (including phenoxy) is 2. The summed E-state index contributed by atoms with van der Waals surface area (Å²) in [5, 5.41) is 0. The van der Waals surface area contributed by atoms with Gasteiger partial charge < -0.3 is 35.5 Å².